The second kappa shape index (κ2) is 5.77. The van der Waals surface area contributed by atoms with Gasteiger partial charge in [-0.05, 0) is 18.6 Å². The molecule has 0 amide bonds. The summed E-state index contributed by atoms with van der Waals surface area (Å²) in [5.74, 6) is -4.00. The van der Waals surface area contributed by atoms with Crippen molar-refractivity contribution in [3.8, 4) is 5.75 Å². The van der Waals surface area contributed by atoms with E-state index in [1.54, 1.807) is 18.2 Å². The summed E-state index contributed by atoms with van der Waals surface area (Å²) in [5, 5.41) is 12.7. The third kappa shape index (κ3) is 3.36. The lowest BCUT2D eigenvalue weighted by atomic mass is 10.0. The van der Waals surface area contributed by atoms with Crippen LogP contribution in [0.1, 0.15) is 19.8 Å². The first-order valence-corrected chi connectivity index (χ1v) is 6.42. The number of fused-ring (bicyclic) bond motifs is 1. The van der Waals surface area contributed by atoms with Crippen LogP contribution in [-0.2, 0) is 4.79 Å². The molecule has 1 atom stereocenters. The van der Waals surface area contributed by atoms with Crippen LogP contribution in [0, 0.1) is 0 Å². The molecule has 1 aromatic rings. The summed E-state index contributed by atoms with van der Waals surface area (Å²) < 4.78 is 31.7. The molecule has 2 rings (SSSR count). The molecule has 1 aliphatic heterocycles. The van der Waals surface area contributed by atoms with Crippen molar-refractivity contribution >= 4 is 22.9 Å². The Balaban J connectivity index is 2.17. The highest BCUT2D eigenvalue weighted by Crippen LogP contribution is 2.34. The number of aliphatic hydroxyl groups is 1. The van der Waals surface area contributed by atoms with E-state index in [-0.39, 0.29) is 12.1 Å². The van der Waals surface area contributed by atoms with Gasteiger partial charge in [-0.1, -0.05) is 0 Å². The number of ketones is 1. The highest BCUT2D eigenvalue weighted by molar-refractivity contribution is 5.97. The van der Waals surface area contributed by atoms with Crippen molar-refractivity contribution in [3.05, 3.63) is 18.2 Å². The van der Waals surface area contributed by atoms with Gasteiger partial charge in [-0.3, -0.25) is 9.79 Å². The molecule has 0 aliphatic carbocycles. The number of ether oxygens (including phenoxy) is 1. The quantitative estimate of drug-likeness (QED) is 0.876. The maximum absolute atomic E-state index is 13.3. The van der Waals surface area contributed by atoms with Crippen molar-refractivity contribution in [2.75, 3.05) is 12.4 Å². The van der Waals surface area contributed by atoms with Crippen LogP contribution in [0.5, 0.6) is 5.75 Å². The van der Waals surface area contributed by atoms with Crippen LogP contribution in [0.15, 0.2) is 23.2 Å². The molecule has 0 bridgehead atoms. The number of anilines is 1. The molecule has 0 saturated carbocycles. The zero-order chi connectivity index (χ0) is 15.6. The first kappa shape index (κ1) is 15.4. The average molecular weight is 298 g/mol. The number of Topliss-reactive ketones (excluding diaryl/α,β-unsaturated/α-hetero) is 1. The molecule has 0 fully saturated rings. The van der Waals surface area contributed by atoms with E-state index in [9.17, 15) is 18.7 Å². The summed E-state index contributed by atoms with van der Waals surface area (Å²) in [5.41, 5.74) is 1.26. The molecule has 0 radical (unpaired) electrons. The van der Waals surface area contributed by atoms with E-state index in [4.69, 9.17) is 4.74 Å². The number of hydrogen-bond donors (Lipinski definition) is 2. The Morgan fingerprint density at radius 1 is 1.52 bits per heavy atom. The predicted octanol–water partition coefficient (Wildman–Crippen LogP) is 2.52. The molecule has 114 valence electrons. The molecule has 1 aromatic carbocycles. The van der Waals surface area contributed by atoms with Crippen molar-refractivity contribution in [2.24, 2.45) is 4.99 Å². The number of halogens is 2. The number of methoxy groups -OCH3 is 1. The summed E-state index contributed by atoms with van der Waals surface area (Å²) in [4.78, 5) is 15.0. The minimum Gasteiger partial charge on any atom is -0.497 e. The molecule has 0 saturated heterocycles. The number of carbonyl (C=O) groups is 1. The fraction of sp³-hybridized carbons (Fsp3) is 0.429. The molecule has 0 spiro atoms. The van der Waals surface area contributed by atoms with Crippen LogP contribution in [0.4, 0.5) is 20.2 Å². The van der Waals surface area contributed by atoms with Crippen molar-refractivity contribution in [2.45, 2.75) is 31.9 Å². The minimum absolute atomic E-state index is 0.174. The summed E-state index contributed by atoms with van der Waals surface area (Å²) in [6.07, 6.45) is -2.01. The van der Waals surface area contributed by atoms with Crippen LogP contribution in [0.25, 0.3) is 0 Å². The van der Waals surface area contributed by atoms with Gasteiger partial charge in [0.15, 0.2) is 12.0 Å². The lowest BCUT2D eigenvalue weighted by Crippen LogP contribution is -2.34. The van der Waals surface area contributed by atoms with E-state index in [0.29, 0.717) is 17.1 Å². The van der Waals surface area contributed by atoms with Crippen molar-refractivity contribution < 1.29 is 23.4 Å². The van der Waals surface area contributed by atoms with Gasteiger partial charge in [0.2, 0.25) is 0 Å². The molecule has 1 aliphatic rings. The van der Waals surface area contributed by atoms with Gasteiger partial charge in [-0.15, -0.1) is 0 Å². The summed E-state index contributed by atoms with van der Waals surface area (Å²) >= 11 is 0. The van der Waals surface area contributed by atoms with Gasteiger partial charge in [0.1, 0.15) is 5.75 Å². The zero-order valence-electron chi connectivity index (χ0n) is 11.7. The standard InChI is InChI=1S/C14H16F2N2O3/c1-8(19)14(15,16)6-5-11-13(20)18-12-7-9(21-2)3-4-10(12)17-11/h3-4,7,13,18,20H,5-6H2,1-2H3. The number of aliphatic hydroxyl groups excluding tert-OH is 1. The monoisotopic (exact) mass is 298 g/mol. The Bertz CT molecular complexity index is 588. The second-order valence-electron chi connectivity index (χ2n) is 4.79. The number of rotatable bonds is 5. The van der Waals surface area contributed by atoms with Crippen LogP contribution in [0.2, 0.25) is 0 Å². The number of benzene rings is 1. The lowest BCUT2D eigenvalue weighted by molar-refractivity contribution is -0.141. The number of carbonyl (C=O) groups excluding carboxylic acids is 1. The number of nitrogens with one attached hydrogen (secondary N) is 1. The number of hydrogen-bond acceptors (Lipinski definition) is 5. The van der Waals surface area contributed by atoms with Gasteiger partial charge in [-0.25, -0.2) is 0 Å². The van der Waals surface area contributed by atoms with E-state index in [0.717, 1.165) is 6.92 Å². The number of nitrogens with zero attached hydrogens (tertiary/aromatic N) is 1. The Morgan fingerprint density at radius 2 is 2.24 bits per heavy atom. The molecule has 0 aromatic heterocycles. The van der Waals surface area contributed by atoms with Gasteiger partial charge in [0.05, 0.1) is 24.2 Å². The molecular weight excluding hydrogens is 282 g/mol. The SMILES string of the molecule is COc1ccc2c(c1)NC(O)C(CCC(F)(F)C(C)=O)=N2. The zero-order valence-corrected chi connectivity index (χ0v) is 11.7. The fourth-order valence-corrected chi connectivity index (χ4v) is 1.96. The van der Waals surface area contributed by atoms with E-state index in [1.165, 1.54) is 7.11 Å². The van der Waals surface area contributed by atoms with Crippen molar-refractivity contribution in [1.82, 2.24) is 0 Å². The first-order valence-electron chi connectivity index (χ1n) is 6.42. The normalized spacial score (nSPS) is 17.6. The van der Waals surface area contributed by atoms with E-state index >= 15 is 0 Å². The summed E-state index contributed by atoms with van der Waals surface area (Å²) in [7, 11) is 1.51. The van der Waals surface area contributed by atoms with Gasteiger partial charge in [0, 0.05) is 19.4 Å². The highest BCUT2D eigenvalue weighted by atomic mass is 19.3. The fourth-order valence-electron chi connectivity index (χ4n) is 1.96. The molecule has 5 nitrogen and oxygen atoms in total. The van der Waals surface area contributed by atoms with Crippen molar-refractivity contribution in [1.29, 1.82) is 0 Å². The summed E-state index contributed by atoms with van der Waals surface area (Å²) in [6.45, 7) is 0.846. The van der Waals surface area contributed by atoms with Crippen LogP contribution in [0.3, 0.4) is 0 Å². The molecule has 1 unspecified atom stereocenters. The lowest BCUT2D eigenvalue weighted by Gasteiger charge is -2.24. The maximum atomic E-state index is 13.3. The number of alkyl halides is 2. The van der Waals surface area contributed by atoms with E-state index in [2.05, 4.69) is 10.3 Å². The Kier molecular flexibility index (Phi) is 4.22. The largest absolute Gasteiger partial charge is 0.497 e. The van der Waals surface area contributed by atoms with Crippen LogP contribution < -0.4 is 10.1 Å². The van der Waals surface area contributed by atoms with Gasteiger partial charge < -0.3 is 15.2 Å². The van der Waals surface area contributed by atoms with E-state index in [1.807, 2.05) is 0 Å². The third-order valence-corrected chi connectivity index (χ3v) is 3.29. The molecule has 7 heteroatoms. The minimum atomic E-state index is -3.40. The molecule has 21 heavy (non-hydrogen) atoms. The maximum Gasteiger partial charge on any atom is 0.305 e. The van der Waals surface area contributed by atoms with Gasteiger partial charge >= 0.3 is 5.92 Å². The van der Waals surface area contributed by atoms with E-state index < -0.39 is 24.4 Å². The third-order valence-electron chi connectivity index (χ3n) is 3.29. The number of aliphatic imine (C=N–C) groups is 1. The topological polar surface area (TPSA) is 70.9 Å². The smallest absolute Gasteiger partial charge is 0.305 e. The Morgan fingerprint density at radius 3 is 2.86 bits per heavy atom. The van der Waals surface area contributed by atoms with Crippen LogP contribution in [-0.4, -0.2) is 35.9 Å². The second-order valence-corrected chi connectivity index (χ2v) is 4.79. The highest BCUT2D eigenvalue weighted by Gasteiger charge is 2.35. The molecule has 1 heterocycles. The van der Waals surface area contributed by atoms with Gasteiger partial charge in [-0.2, -0.15) is 8.78 Å². The van der Waals surface area contributed by atoms with Crippen molar-refractivity contribution in [3.63, 3.8) is 0 Å². The molecular formula is C14H16F2N2O3. The Labute approximate surface area is 120 Å². The Hall–Kier alpha value is -2.02. The molecule has 2 N–H and O–H groups in total. The van der Waals surface area contributed by atoms with Crippen LogP contribution >= 0.6 is 0 Å². The van der Waals surface area contributed by atoms with Gasteiger partial charge in [0.25, 0.3) is 0 Å². The first-order chi connectivity index (χ1) is 9.83. The predicted molar refractivity (Wildman–Crippen MR) is 74.6 cm³/mol. The average Bonchev–Trinajstić information content (AvgIpc) is 2.44. The summed E-state index contributed by atoms with van der Waals surface area (Å²) in [6, 6.07) is 5.00.